The molecule has 0 bridgehead atoms. The highest BCUT2D eigenvalue weighted by molar-refractivity contribution is 5.69. The Labute approximate surface area is 71.9 Å². The summed E-state index contributed by atoms with van der Waals surface area (Å²) in [6.45, 7) is 3.59. The zero-order valence-electron chi connectivity index (χ0n) is 7.25. The van der Waals surface area contributed by atoms with Crippen molar-refractivity contribution in [2.75, 3.05) is 19.8 Å². The number of aliphatic carboxylic acids is 1. The summed E-state index contributed by atoms with van der Waals surface area (Å²) in [6, 6.07) is 0.301. The molecular weight excluding hydrogens is 158 g/mol. The van der Waals surface area contributed by atoms with E-state index in [1.165, 1.54) is 0 Å². The molecule has 12 heavy (non-hydrogen) atoms. The Bertz CT molecular complexity index is 160. The van der Waals surface area contributed by atoms with Crippen LogP contribution in [0.25, 0.3) is 0 Å². The number of hydrogen-bond acceptors (Lipinski definition) is 3. The lowest BCUT2D eigenvalue weighted by Crippen LogP contribution is -2.43. The van der Waals surface area contributed by atoms with Gasteiger partial charge in [-0.3, -0.25) is 4.79 Å². The minimum Gasteiger partial charge on any atom is -0.480 e. The van der Waals surface area contributed by atoms with E-state index >= 15 is 0 Å². The zero-order chi connectivity index (χ0) is 8.97. The molecule has 0 saturated carbocycles. The van der Waals surface area contributed by atoms with Gasteiger partial charge in [-0.25, -0.2) is 0 Å². The lowest BCUT2D eigenvalue weighted by molar-refractivity contribution is -0.136. The minimum atomic E-state index is -0.798. The summed E-state index contributed by atoms with van der Waals surface area (Å²) in [5.41, 5.74) is 0. The van der Waals surface area contributed by atoms with Gasteiger partial charge >= 0.3 is 5.97 Å². The summed E-state index contributed by atoms with van der Waals surface area (Å²) in [5.74, 6) is -0.383. The number of rotatable bonds is 3. The highest BCUT2D eigenvalue weighted by Crippen LogP contribution is 2.13. The summed E-state index contributed by atoms with van der Waals surface area (Å²) >= 11 is 0. The third-order valence-corrected chi connectivity index (χ3v) is 2.16. The molecule has 0 radical (unpaired) electrons. The van der Waals surface area contributed by atoms with Gasteiger partial charge in [-0.05, 0) is 12.3 Å². The third-order valence-electron chi connectivity index (χ3n) is 2.16. The average molecular weight is 173 g/mol. The molecule has 2 atom stereocenters. The second-order valence-corrected chi connectivity index (χ2v) is 3.22. The number of carbonyl (C=O) groups is 1. The van der Waals surface area contributed by atoms with Gasteiger partial charge in [0, 0.05) is 12.6 Å². The Morgan fingerprint density at radius 2 is 2.50 bits per heavy atom. The molecule has 1 heterocycles. The molecule has 0 aromatic heterocycles. The number of nitrogens with one attached hydrogen (secondary N) is 1. The fourth-order valence-corrected chi connectivity index (χ4v) is 1.40. The SMILES string of the molecule is CC1COCCC1NCC(=O)O. The summed E-state index contributed by atoms with van der Waals surface area (Å²) in [6.07, 6.45) is 0.911. The highest BCUT2D eigenvalue weighted by Gasteiger charge is 2.21. The standard InChI is InChI=1S/C8H15NO3/c1-6-5-12-3-2-7(6)9-4-8(10)11/h6-7,9H,2-5H2,1H3,(H,10,11). The van der Waals surface area contributed by atoms with Crippen molar-refractivity contribution in [3.63, 3.8) is 0 Å². The van der Waals surface area contributed by atoms with Crippen LogP contribution < -0.4 is 5.32 Å². The molecule has 70 valence electrons. The fraction of sp³-hybridized carbons (Fsp3) is 0.875. The molecule has 0 aliphatic carbocycles. The van der Waals surface area contributed by atoms with E-state index in [9.17, 15) is 4.79 Å². The molecular formula is C8H15NO3. The van der Waals surface area contributed by atoms with Gasteiger partial charge in [-0.2, -0.15) is 0 Å². The van der Waals surface area contributed by atoms with Crippen LogP contribution in [-0.4, -0.2) is 36.9 Å². The maximum Gasteiger partial charge on any atom is 0.317 e. The van der Waals surface area contributed by atoms with Gasteiger partial charge in [0.2, 0.25) is 0 Å². The first-order chi connectivity index (χ1) is 5.70. The van der Waals surface area contributed by atoms with Crippen molar-refractivity contribution < 1.29 is 14.6 Å². The number of hydrogen-bond donors (Lipinski definition) is 2. The average Bonchev–Trinajstić information content (AvgIpc) is 2.03. The molecule has 0 amide bonds. The minimum absolute atomic E-state index is 0.0506. The molecule has 1 rings (SSSR count). The highest BCUT2D eigenvalue weighted by atomic mass is 16.5. The predicted octanol–water partition coefficient (Wildman–Crippen LogP) is 0.0856. The van der Waals surface area contributed by atoms with Gasteiger partial charge in [0.25, 0.3) is 0 Å². The topological polar surface area (TPSA) is 58.6 Å². The van der Waals surface area contributed by atoms with E-state index in [4.69, 9.17) is 9.84 Å². The Morgan fingerprint density at radius 3 is 3.08 bits per heavy atom. The van der Waals surface area contributed by atoms with Crippen LogP contribution in [0.5, 0.6) is 0 Å². The summed E-state index contributed by atoms with van der Waals surface area (Å²) in [7, 11) is 0. The van der Waals surface area contributed by atoms with Gasteiger partial charge in [-0.1, -0.05) is 6.92 Å². The second kappa shape index (κ2) is 4.42. The fourth-order valence-electron chi connectivity index (χ4n) is 1.40. The van der Waals surface area contributed by atoms with Gasteiger partial charge < -0.3 is 15.2 Å². The van der Waals surface area contributed by atoms with Gasteiger partial charge in [0.05, 0.1) is 13.2 Å². The molecule has 1 saturated heterocycles. The lowest BCUT2D eigenvalue weighted by atomic mass is 9.98. The monoisotopic (exact) mass is 173 g/mol. The molecule has 1 aliphatic rings. The first-order valence-electron chi connectivity index (χ1n) is 4.23. The van der Waals surface area contributed by atoms with Crippen molar-refractivity contribution in [3.8, 4) is 0 Å². The Kier molecular flexibility index (Phi) is 3.49. The normalized spacial score (nSPS) is 30.1. The molecule has 0 spiro atoms. The molecule has 0 aromatic rings. The number of ether oxygens (including phenoxy) is 1. The van der Waals surface area contributed by atoms with Crippen LogP contribution in [0.15, 0.2) is 0 Å². The molecule has 4 nitrogen and oxygen atoms in total. The van der Waals surface area contributed by atoms with E-state index in [1.807, 2.05) is 0 Å². The number of carboxylic acids is 1. The third kappa shape index (κ3) is 2.79. The van der Waals surface area contributed by atoms with Crippen molar-refractivity contribution in [3.05, 3.63) is 0 Å². The Balaban J connectivity index is 2.24. The van der Waals surface area contributed by atoms with Crippen LogP contribution >= 0.6 is 0 Å². The van der Waals surface area contributed by atoms with Gasteiger partial charge in [-0.15, -0.1) is 0 Å². The van der Waals surface area contributed by atoms with Crippen molar-refractivity contribution in [1.82, 2.24) is 5.32 Å². The smallest absolute Gasteiger partial charge is 0.317 e. The Hall–Kier alpha value is -0.610. The van der Waals surface area contributed by atoms with Crippen LogP contribution in [-0.2, 0) is 9.53 Å². The van der Waals surface area contributed by atoms with E-state index in [0.717, 1.165) is 19.6 Å². The van der Waals surface area contributed by atoms with Crippen molar-refractivity contribution >= 4 is 5.97 Å². The van der Waals surface area contributed by atoms with Crippen LogP contribution in [0, 0.1) is 5.92 Å². The maximum atomic E-state index is 10.3. The maximum absolute atomic E-state index is 10.3. The van der Waals surface area contributed by atoms with Crippen LogP contribution in [0.1, 0.15) is 13.3 Å². The first kappa shape index (κ1) is 9.48. The van der Waals surface area contributed by atoms with Crippen LogP contribution in [0.2, 0.25) is 0 Å². The Morgan fingerprint density at radius 1 is 1.75 bits per heavy atom. The molecule has 0 aromatic carbocycles. The molecule has 4 heteroatoms. The molecule has 2 unspecified atom stereocenters. The van der Waals surface area contributed by atoms with E-state index in [0.29, 0.717) is 12.0 Å². The summed E-state index contributed by atoms with van der Waals surface area (Å²) in [4.78, 5) is 10.3. The molecule has 1 fully saturated rings. The van der Waals surface area contributed by atoms with E-state index in [2.05, 4.69) is 12.2 Å². The van der Waals surface area contributed by atoms with E-state index < -0.39 is 5.97 Å². The molecule has 2 N–H and O–H groups in total. The summed E-state index contributed by atoms with van der Waals surface area (Å²) in [5, 5.41) is 11.4. The number of carboxylic acid groups (broad SMARTS) is 1. The first-order valence-corrected chi connectivity index (χ1v) is 4.23. The van der Waals surface area contributed by atoms with Crippen LogP contribution in [0.3, 0.4) is 0 Å². The van der Waals surface area contributed by atoms with Gasteiger partial charge in [0.15, 0.2) is 0 Å². The van der Waals surface area contributed by atoms with Gasteiger partial charge in [0.1, 0.15) is 0 Å². The van der Waals surface area contributed by atoms with Crippen molar-refractivity contribution in [2.24, 2.45) is 5.92 Å². The lowest BCUT2D eigenvalue weighted by Gasteiger charge is -2.29. The zero-order valence-corrected chi connectivity index (χ0v) is 7.25. The van der Waals surface area contributed by atoms with Crippen molar-refractivity contribution in [2.45, 2.75) is 19.4 Å². The largest absolute Gasteiger partial charge is 0.480 e. The predicted molar refractivity (Wildman–Crippen MR) is 44.0 cm³/mol. The molecule has 1 aliphatic heterocycles. The van der Waals surface area contributed by atoms with Crippen molar-refractivity contribution in [1.29, 1.82) is 0 Å². The van der Waals surface area contributed by atoms with Crippen LogP contribution in [0.4, 0.5) is 0 Å². The van der Waals surface area contributed by atoms with E-state index in [1.54, 1.807) is 0 Å². The quantitative estimate of drug-likeness (QED) is 0.635. The van der Waals surface area contributed by atoms with E-state index in [-0.39, 0.29) is 6.54 Å². The summed E-state index contributed by atoms with van der Waals surface area (Å²) < 4.78 is 5.23. The second-order valence-electron chi connectivity index (χ2n) is 3.22.